The summed E-state index contributed by atoms with van der Waals surface area (Å²) in [5, 5.41) is 0. The number of benzene rings is 1. The molecule has 4 aliphatic carbocycles. The number of esters is 1. The molecule has 0 heterocycles. The second-order valence-electron chi connectivity index (χ2n) is 14.0. The number of allylic oxidation sites excluding steroid dienone is 5. The third-order valence-corrected chi connectivity index (χ3v) is 11.5. The molecule has 210 valence electrons. The van der Waals surface area contributed by atoms with Crippen molar-refractivity contribution in [1.82, 2.24) is 0 Å². The zero-order chi connectivity index (χ0) is 27.8. The van der Waals surface area contributed by atoms with Crippen molar-refractivity contribution in [1.29, 1.82) is 0 Å². The Morgan fingerprint density at radius 2 is 1.69 bits per heavy atom. The Hall–Kier alpha value is -2.35. The van der Waals surface area contributed by atoms with Gasteiger partial charge in [0.15, 0.2) is 0 Å². The van der Waals surface area contributed by atoms with Gasteiger partial charge in [-0.3, -0.25) is 0 Å². The summed E-state index contributed by atoms with van der Waals surface area (Å²) >= 11 is 0. The fourth-order valence-corrected chi connectivity index (χ4v) is 8.61. The summed E-state index contributed by atoms with van der Waals surface area (Å²) in [7, 11) is 0. The Morgan fingerprint density at radius 3 is 2.44 bits per heavy atom. The van der Waals surface area contributed by atoms with E-state index in [4.69, 9.17) is 4.74 Å². The number of carbonyl (C=O) groups is 1. The summed E-state index contributed by atoms with van der Waals surface area (Å²) in [5.74, 6) is 3.91. The van der Waals surface area contributed by atoms with Crippen LogP contribution in [-0.2, 0) is 9.53 Å². The van der Waals surface area contributed by atoms with Gasteiger partial charge in [-0.2, -0.15) is 0 Å². The molecule has 0 radical (unpaired) electrons. The van der Waals surface area contributed by atoms with Crippen LogP contribution in [0.2, 0.25) is 0 Å². The van der Waals surface area contributed by atoms with Crippen molar-refractivity contribution in [2.75, 3.05) is 0 Å². The van der Waals surface area contributed by atoms with Gasteiger partial charge in [0.1, 0.15) is 6.10 Å². The van der Waals surface area contributed by atoms with Gasteiger partial charge in [-0.25, -0.2) is 4.79 Å². The molecule has 0 amide bonds. The van der Waals surface area contributed by atoms with Crippen LogP contribution in [0, 0.1) is 46.3 Å². The van der Waals surface area contributed by atoms with E-state index in [-0.39, 0.29) is 17.5 Å². The maximum Gasteiger partial charge on any atom is 0.331 e. The van der Waals surface area contributed by atoms with E-state index in [0.29, 0.717) is 35.0 Å². The molecule has 5 rings (SSSR count). The lowest BCUT2D eigenvalue weighted by atomic mass is 9.50. The molecule has 39 heavy (non-hydrogen) atoms. The number of ether oxygens (including phenoxy) is 1. The first-order chi connectivity index (χ1) is 18.6. The smallest absolute Gasteiger partial charge is 0.331 e. The second-order valence-corrected chi connectivity index (χ2v) is 14.0. The number of rotatable bonds is 7. The van der Waals surface area contributed by atoms with Gasteiger partial charge in [-0.1, -0.05) is 107 Å². The molecule has 8 atom stereocenters. The van der Waals surface area contributed by atoms with Crippen molar-refractivity contribution < 1.29 is 9.53 Å². The average Bonchev–Trinajstić information content (AvgIpc) is 3.28. The zero-order valence-electron chi connectivity index (χ0n) is 25.2. The summed E-state index contributed by atoms with van der Waals surface area (Å²) in [6.07, 6.45) is 21.7. The Balaban J connectivity index is 1.27. The lowest BCUT2D eigenvalue weighted by Gasteiger charge is -2.55. The predicted octanol–water partition coefficient (Wildman–Crippen LogP) is 9.60. The molecule has 0 N–H and O–H groups in total. The molecule has 1 aromatic carbocycles. The monoisotopic (exact) mass is 526 g/mol. The molecule has 4 aliphatic rings. The van der Waals surface area contributed by atoms with Crippen molar-refractivity contribution >= 4 is 12.0 Å². The molecule has 8 unspecified atom stereocenters. The molecule has 2 nitrogen and oxygen atoms in total. The minimum atomic E-state index is -0.225. The Labute approximate surface area is 237 Å². The molecule has 0 aliphatic heterocycles. The normalized spacial score (nSPS) is 35.7. The van der Waals surface area contributed by atoms with Gasteiger partial charge >= 0.3 is 5.97 Å². The lowest BCUT2D eigenvalue weighted by molar-refractivity contribution is -0.144. The van der Waals surface area contributed by atoms with E-state index in [1.165, 1.54) is 31.3 Å². The highest BCUT2D eigenvalue weighted by atomic mass is 16.5. The van der Waals surface area contributed by atoms with Crippen molar-refractivity contribution in [3.63, 3.8) is 0 Å². The van der Waals surface area contributed by atoms with Crippen molar-refractivity contribution in [2.24, 2.45) is 46.3 Å². The molecular formula is C37H50O2. The molecule has 0 spiro atoms. The largest absolute Gasteiger partial charge is 0.459 e. The van der Waals surface area contributed by atoms with Crippen molar-refractivity contribution in [3.8, 4) is 0 Å². The van der Waals surface area contributed by atoms with E-state index >= 15 is 0 Å². The van der Waals surface area contributed by atoms with E-state index in [0.717, 1.165) is 30.7 Å². The van der Waals surface area contributed by atoms with Gasteiger partial charge in [0, 0.05) is 12.5 Å². The Bertz CT molecular complexity index is 1150. The molecule has 1 aromatic rings. The SMILES string of the molecule is CC(C)C(C)C=CC(C)C1CCC2C3=CC=C4CC(OC(=O)C=Cc5ccccc5)CCC4(C)C3CCC21C. The number of fused-ring (bicyclic) bond motifs is 5. The summed E-state index contributed by atoms with van der Waals surface area (Å²) in [6.45, 7) is 14.6. The first-order valence-electron chi connectivity index (χ1n) is 15.6. The molecule has 0 bridgehead atoms. The summed E-state index contributed by atoms with van der Waals surface area (Å²) in [4.78, 5) is 12.6. The van der Waals surface area contributed by atoms with Crippen LogP contribution in [0.5, 0.6) is 0 Å². The number of hydrogen-bond donors (Lipinski definition) is 0. The predicted molar refractivity (Wildman–Crippen MR) is 163 cm³/mol. The van der Waals surface area contributed by atoms with Crippen molar-refractivity contribution in [3.05, 3.63) is 77.4 Å². The second kappa shape index (κ2) is 11.3. The molecule has 3 fully saturated rings. The Morgan fingerprint density at radius 1 is 0.923 bits per heavy atom. The maximum absolute atomic E-state index is 12.6. The Kier molecular flexibility index (Phi) is 8.14. The molecule has 3 saturated carbocycles. The van der Waals surface area contributed by atoms with E-state index in [9.17, 15) is 4.79 Å². The fourth-order valence-electron chi connectivity index (χ4n) is 8.61. The number of hydrogen-bond acceptors (Lipinski definition) is 2. The zero-order valence-corrected chi connectivity index (χ0v) is 25.2. The van der Waals surface area contributed by atoms with Gasteiger partial charge in [-0.15, -0.1) is 0 Å². The van der Waals surface area contributed by atoms with Crippen LogP contribution in [0.3, 0.4) is 0 Å². The quantitative estimate of drug-likeness (QED) is 0.201. The molecular weight excluding hydrogens is 476 g/mol. The fraction of sp³-hybridized carbons (Fsp3) is 0.595. The van der Waals surface area contributed by atoms with E-state index in [2.05, 4.69) is 65.8 Å². The van der Waals surface area contributed by atoms with Gasteiger partial charge in [0.2, 0.25) is 0 Å². The molecule has 2 heteroatoms. The van der Waals surface area contributed by atoms with Gasteiger partial charge in [-0.05, 0) is 96.5 Å². The average molecular weight is 527 g/mol. The van der Waals surface area contributed by atoms with Crippen LogP contribution in [-0.4, -0.2) is 12.1 Å². The highest BCUT2D eigenvalue weighted by Gasteiger charge is 2.57. The maximum atomic E-state index is 12.6. The van der Waals surface area contributed by atoms with E-state index in [1.54, 1.807) is 11.6 Å². The van der Waals surface area contributed by atoms with Crippen LogP contribution < -0.4 is 0 Å². The molecule has 0 aromatic heterocycles. The third-order valence-electron chi connectivity index (χ3n) is 11.5. The molecule has 0 saturated heterocycles. The number of carbonyl (C=O) groups excluding carboxylic acids is 1. The van der Waals surface area contributed by atoms with E-state index in [1.807, 2.05) is 36.4 Å². The van der Waals surface area contributed by atoms with Crippen LogP contribution >= 0.6 is 0 Å². The topological polar surface area (TPSA) is 26.3 Å². The minimum Gasteiger partial charge on any atom is -0.459 e. The lowest BCUT2D eigenvalue weighted by Crippen LogP contribution is -2.46. The first kappa shape index (κ1) is 28.2. The van der Waals surface area contributed by atoms with Gasteiger partial charge in [0.05, 0.1) is 0 Å². The van der Waals surface area contributed by atoms with E-state index < -0.39 is 0 Å². The minimum absolute atomic E-state index is 0.0159. The highest BCUT2D eigenvalue weighted by Crippen LogP contribution is 2.66. The summed E-state index contributed by atoms with van der Waals surface area (Å²) < 4.78 is 5.93. The summed E-state index contributed by atoms with van der Waals surface area (Å²) in [5.41, 5.74) is 4.89. The standard InChI is InChI=1S/C37H50O2/c1-25(2)26(3)12-13-27(4)32-17-18-33-31-16-15-29-24-30(39-35(38)19-14-28-10-8-7-9-11-28)20-22-36(29,5)34(31)21-23-37(32,33)6/h7-16,19,25-27,30,32-34H,17-18,20-24H2,1-6H3. The van der Waals surface area contributed by atoms with Gasteiger partial charge in [0.25, 0.3) is 0 Å². The van der Waals surface area contributed by atoms with Gasteiger partial charge < -0.3 is 4.74 Å². The highest BCUT2D eigenvalue weighted by molar-refractivity contribution is 5.87. The van der Waals surface area contributed by atoms with Crippen LogP contribution in [0.25, 0.3) is 6.08 Å². The summed E-state index contributed by atoms with van der Waals surface area (Å²) in [6, 6.07) is 9.95. The van der Waals surface area contributed by atoms with Crippen LogP contribution in [0.1, 0.15) is 92.1 Å². The first-order valence-corrected chi connectivity index (χ1v) is 15.6. The van der Waals surface area contributed by atoms with Crippen LogP contribution in [0.4, 0.5) is 0 Å². The van der Waals surface area contributed by atoms with Crippen molar-refractivity contribution in [2.45, 2.75) is 92.6 Å². The third kappa shape index (κ3) is 5.50. The van der Waals surface area contributed by atoms with Crippen LogP contribution in [0.15, 0.2) is 71.9 Å².